The van der Waals surface area contributed by atoms with E-state index in [0.29, 0.717) is 23.5 Å². The summed E-state index contributed by atoms with van der Waals surface area (Å²) in [4.78, 5) is 20.8. The second-order valence-electron chi connectivity index (χ2n) is 6.56. The minimum Gasteiger partial charge on any atom is -0.343 e. The normalized spacial score (nSPS) is 17.4. The van der Waals surface area contributed by atoms with Gasteiger partial charge in [0.25, 0.3) is 5.91 Å². The van der Waals surface area contributed by atoms with Crippen LogP contribution in [0.4, 0.5) is 26.3 Å². The molecular weight excluding hydrogens is 430 g/mol. The molecule has 0 saturated heterocycles. The van der Waals surface area contributed by atoms with Crippen molar-refractivity contribution in [3.8, 4) is 0 Å². The molecule has 0 bridgehead atoms. The van der Waals surface area contributed by atoms with Gasteiger partial charge < -0.3 is 5.32 Å². The Morgan fingerprint density at radius 2 is 1.71 bits per heavy atom. The number of fused-ring (bicyclic) bond motifs is 1. The van der Waals surface area contributed by atoms with Crippen LogP contribution in [0.3, 0.4) is 0 Å². The molecule has 1 unspecified atom stereocenters. The van der Waals surface area contributed by atoms with E-state index < -0.39 is 41.0 Å². The molecule has 0 radical (unpaired) electrons. The first kappa shape index (κ1) is 22.2. The monoisotopic (exact) mass is 444 g/mol. The highest BCUT2D eigenvalue weighted by molar-refractivity contribution is 6.04. The summed E-state index contributed by atoms with van der Waals surface area (Å²) in [7, 11) is 1.48. The van der Waals surface area contributed by atoms with E-state index in [1.807, 2.05) is 0 Å². The molecular formula is C18H14F6N6O. The first-order valence-electron chi connectivity index (χ1n) is 8.62. The molecule has 0 spiro atoms. The zero-order valence-corrected chi connectivity index (χ0v) is 15.7. The van der Waals surface area contributed by atoms with Gasteiger partial charge in [0.2, 0.25) is 0 Å². The van der Waals surface area contributed by atoms with Crippen LogP contribution in [0.15, 0.2) is 35.7 Å². The van der Waals surface area contributed by atoms with E-state index in [1.54, 1.807) is 0 Å². The molecule has 2 N–H and O–H groups in total. The van der Waals surface area contributed by atoms with E-state index in [2.05, 4.69) is 20.4 Å². The van der Waals surface area contributed by atoms with E-state index >= 15 is 0 Å². The quantitative estimate of drug-likeness (QED) is 0.326. The number of benzene rings is 1. The Bertz CT molecular complexity index is 1020. The van der Waals surface area contributed by atoms with Crippen molar-refractivity contribution < 1.29 is 31.1 Å². The lowest BCUT2D eigenvalue weighted by atomic mass is 10.0. The summed E-state index contributed by atoms with van der Waals surface area (Å²) in [6, 6.07) is -0.215. The number of hydrogen-bond acceptors (Lipinski definition) is 5. The van der Waals surface area contributed by atoms with Gasteiger partial charge in [-0.1, -0.05) is 0 Å². The van der Waals surface area contributed by atoms with Crippen LogP contribution in [0.25, 0.3) is 0 Å². The molecule has 0 fully saturated rings. The molecule has 1 aliphatic carbocycles. The summed E-state index contributed by atoms with van der Waals surface area (Å²) >= 11 is 0. The third kappa shape index (κ3) is 4.81. The molecule has 2 aromatic rings. The van der Waals surface area contributed by atoms with E-state index in [1.165, 1.54) is 24.5 Å². The van der Waals surface area contributed by atoms with Gasteiger partial charge >= 0.3 is 12.4 Å². The number of carbonyl (C=O) groups is 1. The molecule has 3 rings (SSSR count). The number of amides is 1. The lowest BCUT2D eigenvalue weighted by molar-refractivity contribution is -0.143. The van der Waals surface area contributed by atoms with E-state index in [0.717, 1.165) is 6.34 Å². The summed E-state index contributed by atoms with van der Waals surface area (Å²) in [5, 5.41) is 14.9. The molecule has 1 atom stereocenters. The highest BCUT2D eigenvalue weighted by Gasteiger charge is 2.38. The van der Waals surface area contributed by atoms with Gasteiger partial charge in [-0.3, -0.25) is 25.2 Å². The van der Waals surface area contributed by atoms with Gasteiger partial charge in [0.15, 0.2) is 0 Å². The zero-order chi connectivity index (χ0) is 23.0. The Morgan fingerprint density at radius 1 is 1.13 bits per heavy atom. The Hall–Kier alpha value is -3.51. The van der Waals surface area contributed by atoms with Crippen LogP contribution in [-0.4, -0.2) is 40.0 Å². The highest BCUT2D eigenvalue weighted by Crippen LogP contribution is 2.36. The maximum absolute atomic E-state index is 13.1. The van der Waals surface area contributed by atoms with Gasteiger partial charge in [0.05, 0.1) is 28.6 Å². The molecule has 13 heteroatoms. The van der Waals surface area contributed by atoms with Crippen molar-refractivity contribution in [2.75, 3.05) is 7.05 Å². The van der Waals surface area contributed by atoms with Crippen molar-refractivity contribution in [3.63, 3.8) is 0 Å². The molecule has 1 amide bonds. The largest absolute Gasteiger partial charge is 0.416 e. The molecule has 1 aromatic carbocycles. The van der Waals surface area contributed by atoms with Gasteiger partial charge in [-0.2, -0.15) is 31.4 Å². The van der Waals surface area contributed by atoms with Crippen molar-refractivity contribution in [3.05, 3.63) is 58.7 Å². The predicted octanol–water partition coefficient (Wildman–Crippen LogP) is 3.63. The van der Waals surface area contributed by atoms with Crippen molar-refractivity contribution >= 4 is 18.0 Å². The summed E-state index contributed by atoms with van der Waals surface area (Å²) in [6.45, 7) is 0. The molecule has 7 nitrogen and oxygen atoms in total. The SMILES string of the molecule is CN(C=N)/N=C1\CC(NC(=O)c2cc(C(F)(F)F)cc(C(F)(F)F)c2)c2nccnc21. The number of halogens is 6. The topological polar surface area (TPSA) is 94.3 Å². The Balaban J connectivity index is 1.95. The van der Waals surface area contributed by atoms with Crippen LogP contribution in [-0.2, 0) is 12.4 Å². The van der Waals surface area contributed by atoms with Crippen molar-refractivity contribution in [2.45, 2.75) is 24.8 Å². The number of nitrogens with zero attached hydrogens (tertiary/aromatic N) is 4. The van der Waals surface area contributed by atoms with Gasteiger partial charge in [-0.15, -0.1) is 0 Å². The van der Waals surface area contributed by atoms with Crippen LogP contribution < -0.4 is 5.32 Å². The maximum atomic E-state index is 13.1. The van der Waals surface area contributed by atoms with Crippen LogP contribution in [0.1, 0.15) is 45.3 Å². The number of hydrazone groups is 1. The molecule has 164 valence electrons. The minimum atomic E-state index is -5.07. The van der Waals surface area contributed by atoms with Crippen molar-refractivity contribution in [1.29, 1.82) is 5.41 Å². The second kappa shape index (κ2) is 7.96. The Labute approximate surface area is 171 Å². The highest BCUT2D eigenvalue weighted by atomic mass is 19.4. The molecule has 31 heavy (non-hydrogen) atoms. The number of rotatable bonds is 4. The first-order chi connectivity index (χ1) is 14.4. The van der Waals surface area contributed by atoms with E-state index in [9.17, 15) is 31.1 Å². The lowest BCUT2D eigenvalue weighted by Crippen LogP contribution is -2.28. The van der Waals surface area contributed by atoms with Crippen LogP contribution in [0.5, 0.6) is 0 Å². The van der Waals surface area contributed by atoms with Crippen LogP contribution in [0, 0.1) is 5.41 Å². The minimum absolute atomic E-state index is 0.0361. The Kier molecular flexibility index (Phi) is 5.70. The predicted molar refractivity (Wildman–Crippen MR) is 96.4 cm³/mol. The lowest BCUT2D eigenvalue weighted by Gasteiger charge is -2.16. The summed E-state index contributed by atoms with van der Waals surface area (Å²) in [5.74, 6) is -1.14. The second-order valence-corrected chi connectivity index (χ2v) is 6.56. The third-order valence-corrected chi connectivity index (χ3v) is 4.35. The van der Waals surface area contributed by atoms with Crippen molar-refractivity contribution in [2.24, 2.45) is 5.10 Å². The molecule has 1 heterocycles. The number of hydrogen-bond donors (Lipinski definition) is 2. The summed E-state index contributed by atoms with van der Waals surface area (Å²) < 4.78 is 78.3. The van der Waals surface area contributed by atoms with Gasteiger partial charge in [0.1, 0.15) is 12.0 Å². The summed E-state index contributed by atoms with van der Waals surface area (Å²) in [5.41, 5.74) is -3.06. The first-order valence-corrected chi connectivity index (χ1v) is 8.62. The number of alkyl halides is 6. The number of aromatic nitrogens is 2. The van der Waals surface area contributed by atoms with Gasteiger partial charge in [-0.05, 0) is 18.2 Å². The standard InChI is InChI=1S/C18H14F6N6O/c1-30(8-25)29-13-7-12(14-15(13)27-3-2-26-14)28-16(31)9-4-10(17(19,20)21)6-11(5-9)18(22,23)24/h2-6,8,12,25H,7H2,1H3,(H,28,31)/b25-8?,29-13+. The average molecular weight is 444 g/mol. The summed E-state index contributed by atoms with van der Waals surface area (Å²) in [6.07, 6.45) is -6.50. The van der Waals surface area contributed by atoms with Crippen molar-refractivity contribution in [1.82, 2.24) is 20.3 Å². The molecule has 1 aromatic heterocycles. The van der Waals surface area contributed by atoms with Crippen LogP contribution >= 0.6 is 0 Å². The maximum Gasteiger partial charge on any atom is 0.416 e. The molecule has 1 aliphatic rings. The van der Waals surface area contributed by atoms with Crippen LogP contribution in [0.2, 0.25) is 0 Å². The van der Waals surface area contributed by atoms with E-state index in [4.69, 9.17) is 5.41 Å². The fourth-order valence-corrected chi connectivity index (χ4v) is 2.97. The fraction of sp³-hybridized carbons (Fsp3) is 0.278. The third-order valence-electron chi connectivity index (χ3n) is 4.35. The van der Waals surface area contributed by atoms with Gasteiger partial charge in [0, 0.05) is 31.4 Å². The number of carbonyl (C=O) groups excluding carboxylic acids is 1. The zero-order valence-electron chi connectivity index (χ0n) is 15.7. The van der Waals surface area contributed by atoms with E-state index in [-0.39, 0.29) is 18.2 Å². The molecule has 0 aliphatic heterocycles. The fourth-order valence-electron chi connectivity index (χ4n) is 2.97. The Morgan fingerprint density at radius 3 is 2.26 bits per heavy atom. The smallest absolute Gasteiger partial charge is 0.343 e. The molecule has 0 saturated carbocycles. The average Bonchev–Trinajstić information content (AvgIpc) is 3.03. The number of nitrogens with one attached hydrogen (secondary N) is 2. The van der Waals surface area contributed by atoms with Gasteiger partial charge in [-0.25, -0.2) is 0 Å².